The molecule has 2 amide bonds. The van der Waals surface area contributed by atoms with Gasteiger partial charge in [0.2, 0.25) is 0 Å². The van der Waals surface area contributed by atoms with E-state index in [9.17, 15) is 14.7 Å². The number of carbonyl (C=O) groups excluding carboxylic acids is 1. The Bertz CT molecular complexity index is 399. The topological polar surface area (TPSA) is 69.6 Å². The lowest BCUT2D eigenvalue weighted by Crippen LogP contribution is -2.54. The Kier molecular flexibility index (Phi) is 5.12. The summed E-state index contributed by atoms with van der Waals surface area (Å²) in [7, 11) is 0. The first kappa shape index (κ1) is 16.1. The highest BCUT2D eigenvalue weighted by molar-refractivity contribution is 5.78. The number of hydrogen-bond acceptors (Lipinski definition) is 2. The number of aliphatic carboxylic acids is 1. The highest BCUT2D eigenvalue weighted by atomic mass is 16.4. The summed E-state index contributed by atoms with van der Waals surface area (Å²) in [6.07, 6.45) is 7.17. The zero-order chi connectivity index (χ0) is 15.5. The van der Waals surface area contributed by atoms with Crippen molar-refractivity contribution in [1.82, 2.24) is 10.2 Å². The van der Waals surface area contributed by atoms with E-state index >= 15 is 0 Å². The Morgan fingerprint density at radius 3 is 2.67 bits per heavy atom. The molecule has 0 aromatic carbocycles. The Morgan fingerprint density at radius 2 is 2.00 bits per heavy atom. The number of urea groups is 1. The first-order valence-electron chi connectivity index (χ1n) is 8.25. The normalized spacial score (nSPS) is 33.5. The van der Waals surface area contributed by atoms with Gasteiger partial charge in [-0.1, -0.05) is 26.2 Å². The van der Waals surface area contributed by atoms with Crippen molar-refractivity contribution in [3.8, 4) is 0 Å². The minimum absolute atomic E-state index is 0.0764. The van der Waals surface area contributed by atoms with E-state index in [0.29, 0.717) is 25.4 Å². The van der Waals surface area contributed by atoms with Crippen LogP contribution in [0, 0.1) is 11.3 Å². The first-order chi connectivity index (χ1) is 9.96. The molecule has 5 heteroatoms. The standard InChI is InChI=1S/C16H28N2O3/c1-3-12-7-4-5-8-13(12)17-15(21)18-10-6-9-16(2,11-18)14(19)20/h12-13H,3-11H2,1-2H3,(H,17,21)(H,19,20). The first-order valence-corrected chi connectivity index (χ1v) is 8.25. The highest BCUT2D eigenvalue weighted by Gasteiger charge is 2.40. The van der Waals surface area contributed by atoms with Crippen molar-refractivity contribution in [2.75, 3.05) is 13.1 Å². The largest absolute Gasteiger partial charge is 0.481 e. The lowest BCUT2D eigenvalue weighted by atomic mass is 9.81. The van der Waals surface area contributed by atoms with Gasteiger partial charge in [-0.3, -0.25) is 4.79 Å². The van der Waals surface area contributed by atoms with E-state index in [4.69, 9.17) is 0 Å². The summed E-state index contributed by atoms with van der Waals surface area (Å²) in [5, 5.41) is 12.5. The van der Waals surface area contributed by atoms with Gasteiger partial charge in [-0.2, -0.15) is 0 Å². The van der Waals surface area contributed by atoms with Gasteiger partial charge in [-0.25, -0.2) is 4.79 Å². The van der Waals surface area contributed by atoms with Crippen molar-refractivity contribution in [2.45, 2.75) is 64.8 Å². The molecule has 5 nitrogen and oxygen atoms in total. The molecule has 1 aliphatic heterocycles. The van der Waals surface area contributed by atoms with Crippen LogP contribution in [0.3, 0.4) is 0 Å². The van der Waals surface area contributed by atoms with Crippen LogP contribution in [0.4, 0.5) is 4.79 Å². The van der Waals surface area contributed by atoms with Crippen molar-refractivity contribution >= 4 is 12.0 Å². The Balaban J connectivity index is 1.94. The fraction of sp³-hybridized carbons (Fsp3) is 0.875. The van der Waals surface area contributed by atoms with Crippen LogP contribution in [-0.4, -0.2) is 41.1 Å². The van der Waals surface area contributed by atoms with Crippen molar-refractivity contribution in [3.63, 3.8) is 0 Å². The lowest BCUT2D eigenvalue weighted by molar-refractivity contribution is -0.150. The molecule has 0 bridgehead atoms. The minimum atomic E-state index is -0.802. The summed E-state index contributed by atoms with van der Waals surface area (Å²) in [6, 6.07) is 0.182. The monoisotopic (exact) mass is 296 g/mol. The van der Waals surface area contributed by atoms with Gasteiger partial charge in [-0.05, 0) is 38.5 Å². The molecule has 0 spiro atoms. The molecular formula is C16H28N2O3. The number of carboxylic acids is 1. The number of nitrogens with one attached hydrogen (secondary N) is 1. The van der Waals surface area contributed by atoms with Crippen LogP contribution in [0.1, 0.15) is 58.8 Å². The molecule has 2 aliphatic rings. The van der Waals surface area contributed by atoms with Crippen LogP contribution in [0.15, 0.2) is 0 Å². The molecule has 1 heterocycles. The van der Waals surface area contributed by atoms with Gasteiger partial charge in [0.1, 0.15) is 0 Å². The van der Waals surface area contributed by atoms with Gasteiger partial charge in [0.15, 0.2) is 0 Å². The van der Waals surface area contributed by atoms with Crippen LogP contribution in [0.2, 0.25) is 0 Å². The predicted octanol–water partition coefficient (Wildman–Crippen LogP) is 2.85. The molecular weight excluding hydrogens is 268 g/mol. The number of likely N-dealkylation sites (tertiary alicyclic amines) is 1. The fourth-order valence-electron chi connectivity index (χ4n) is 3.72. The third kappa shape index (κ3) is 3.69. The maximum Gasteiger partial charge on any atom is 0.317 e. The zero-order valence-corrected chi connectivity index (χ0v) is 13.2. The van der Waals surface area contributed by atoms with Gasteiger partial charge in [0.05, 0.1) is 5.41 Å². The van der Waals surface area contributed by atoms with Crippen LogP contribution in [0.5, 0.6) is 0 Å². The van der Waals surface area contributed by atoms with E-state index in [2.05, 4.69) is 12.2 Å². The molecule has 0 aromatic heterocycles. The number of carbonyl (C=O) groups is 2. The van der Waals surface area contributed by atoms with Crippen LogP contribution >= 0.6 is 0 Å². The zero-order valence-electron chi connectivity index (χ0n) is 13.2. The number of hydrogen-bond donors (Lipinski definition) is 2. The average molecular weight is 296 g/mol. The van der Waals surface area contributed by atoms with E-state index in [0.717, 1.165) is 19.3 Å². The summed E-state index contributed by atoms with van der Waals surface area (Å²) < 4.78 is 0. The van der Waals surface area contributed by atoms with E-state index < -0.39 is 11.4 Å². The van der Waals surface area contributed by atoms with Gasteiger partial charge >= 0.3 is 12.0 Å². The highest BCUT2D eigenvalue weighted by Crippen LogP contribution is 2.31. The molecule has 1 saturated heterocycles. The molecule has 1 aliphatic carbocycles. The summed E-state index contributed by atoms with van der Waals surface area (Å²) in [5.41, 5.74) is -0.799. The smallest absolute Gasteiger partial charge is 0.317 e. The Morgan fingerprint density at radius 1 is 1.29 bits per heavy atom. The Labute approximate surface area is 127 Å². The minimum Gasteiger partial charge on any atom is -0.481 e. The van der Waals surface area contributed by atoms with Crippen molar-refractivity contribution < 1.29 is 14.7 Å². The summed E-state index contributed by atoms with van der Waals surface area (Å²) in [4.78, 5) is 25.5. The number of amides is 2. The fourth-order valence-corrected chi connectivity index (χ4v) is 3.72. The van der Waals surface area contributed by atoms with E-state index in [1.54, 1.807) is 11.8 Å². The van der Waals surface area contributed by atoms with Crippen molar-refractivity contribution in [1.29, 1.82) is 0 Å². The van der Waals surface area contributed by atoms with Crippen molar-refractivity contribution in [3.05, 3.63) is 0 Å². The van der Waals surface area contributed by atoms with Gasteiger partial charge in [0, 0.05) is 19.1 Å². The number of piperidine rings is 1. The Hall–Kier alpha value is -1.26. The number of carboxylic acid groups (broad SMARTS) is 1. The number of nitrogens with zero attached hydrogens (tertiary/aromatic N) is 1. The van der Waals surface area contributed by atoms with Gasteiger partial charge < -0.3 is 15.3 Å². The molecule has 0 aromatic rings. The maximum atomic E-state index is 12.5. The average Bonchev–Trinajstić information content (AvgIpc) is 2.47. The molecule has 3 atom stereocenters. The van der Waals surface area contributed by atoms with Crippen LogP contribution in [-0.2, 0) is 4.79 Å². The molecule has 2 N–H and O–H groups in total. The molecule has 120 valence electrons. The summed E-state index contributed by atoms with van der Waals surface area (Å²) in [5.74, 6) is -0.234. The quantitative estimate of drug-likeness (QED) is 0.841. The maximum absolute atomic E-state index is 12.5. The van der Waals surface area contributed by atoms with Crippen LogP contribution < -0.4 is 5.32 Å². The van der Waals surface area contributed by atoms with E-state index in [-0.39, 0.29) is 12.1 Å². The lowest BCUT2D eigenvalue weighted by Gasteiger charge is -2.39. The van der Waals surface area contributed by atoms with Crippen molar-refractivity contribution in [2.24, 2.45) is 11.3 Å². The second kappa shape index (κ2) is 6.67. The predicted molar refractivity (Wildman–Crippen MR) is 81.1 cm³/mol. The third-order valence-electron chi connectivity index (χ3n) is 5.24. The van der Waals surface area contributed by atoms with Crippen LogP contribution in [0.25, 0.3) is 0 Å². The second-order valence-electron chi connectivity index (χ2n) is 6.90. The van der Waals surface area contributed by atoms with Gasteiger partial charge in [0.25, 0.3) is 0 Å². The molecule has 2 rings (SSSR count). The molecule has 3 unspecified atom stereocenters. The third-order valence-corrected chi connectivity index (χ3v) is 5.24. The SMILES string of the molecule is CCC1CCCCC1NC(=O)N1CCCC(C)(C(=O)O)C1. The molecule has 1 saturated carbocycles. The van der Waals surface area contributed by atoms with E-state index in [1.165, 1.54) is 19.3 Å². The molecule has 0 radical (unpaired) electrons. The van der Waals surface area contributed by atoms with Gasteiger partial charge in [-0.15, -0.1) is 0 Å². The number of rotatable bonds is 3. The molecule has 21 heavy (non-hydrogen) atoms. The second-order valence-corrected chi connectivity index (χ2v) is 6.90. The summed E-state index contributed by atoms with van der Waals surface area (Å²) in [6.45, 7) is 4.90. The summed E-state index contributed by atoms with van der Waals surface area (Å²) >= 11 is 0. The van der Waals surface area contributed by atoms with E-state index in [1.807, 2.05) is 0 Å². The molecule has 2 fully saturated rings.